The van der Waals surface area contributed by atoms with Crippen LogP contribution in [0.2, 0.25) is 0 Å². The second kappa shape index (κ2) is 1.45. The van der Waals surface area contributed by atoms with Gasteiger partial charge < -0.3 is 5.73 Å². The molecular formula is C4H9NO2S. The highest BCUT2D eigenvalue weighted by molar-refractivity contribution is 7.91. The first kappa shape index (κ1) is 6.04. The average molecular weight is 135 g/mol. The quantitative estimate of drug-likeness (QED) is 0.508. The van der Waals surface area contributed by atoms with Crippen molar-refractivity contribution in [2.45, 2.75) is 17.7 Å². The van der Waals surface area contributed by atoms with Gasteiger partial charge in [-0.3, -0.25) is 0 Å². The van der Waals surface area contributed by atoms with E-state index in [1.54, 1.807) is 0 Å². The molecule has 0 amide bonds. The zero-order chi connectivity index (χ0) is 6.36. The number of sulfone groups is 1. The molecule has 0 aliphatic heterocycles. The lowest BCUT2D eigenvalue weighted by Crippen LogP contribution is -2.13. The Morgan fingerprint density at radius 3 is 2.00 bits per heavy atom. The number of nitrogens with two attached hydrogens (primary N) is 1. The summed E-state index contributed by atoms with van der Waals surface area (Å²) >= 11 is 0. The molecule has 1 saturated carbocycles. The lowest BCUT2D eigenvalue weighted by molar-refractivity contribution is 0.600. The fourth-order valence-corrected chi connectivity index (χ4v) is 1.89. The van der Waals surface area contributed by atoms with E-state index < -0.39 is 9.84 Å². The van der Waals surface area contributed by atoms with Crippen LogP contribution < -0.4 is 5.73 Å². The van der Waals surface area contributed by atoms with E-state index in [4.69, 9.17) is 5.73 Å². The summed E-state index contributed by atoms with van der Waals surface area (Å²) < 4.78 is 21.0. The van der Waals surface area contributed by atoms with Crippen molar-refractivity contribution in [1.29, 1.82) is 0 Å². The minimum absolute atomic E-state index is 0.0787. The van der Waals surface area contributed by atoms with Crippen molar-refractivity contribution in [2.75, 3.05) is 6.26 Å². The van der Waals surface area contributed by atoms with Crippen molar-refractivity contribution < 1.29 is 8.42 Å². The van der Waals surface area contributed by atoms with Crippen molar-refractivity contribution in [3.63, 3.8) is 0 Å². The molecule has 4 heteroatoms. The molecule has 0 radical (unpaired) electrons. The van der Waals surface area contributed by atoms with E-state index in [0.717, 1.165) is 0 Å². The summed E-state index contributed by atoms with van der Waals surface area (Å²) in [6, 6.07) is -0.0787. The fourth-order valence-electron chi connectivity index (χ4n) is 0.682. The molecular weight excluding hydrogens is 126 g/mol. The highest BCUT2D eigenvalue weighted by atomic mass is 32.2. The Hall–Kier alpha value is -0.0900. The van der Waals surface area contributed by atoms with Gasteiger partial charge in [-0.25, -0.2) is 8.42 Å². The molecule has 1 rings (SSSR count). The molecule has 0 aromatic rings. The summed E-state index contributed by atoms with van der Waals surface area (Å²) in [5.74, 6) is 0. The Morgan fingerprint density at radius 1 is 1.62 bits per heavy atom. The Kier molecular flexibility index (Phi) is 1.09. The summed E-state index contributed by atoms with van der Waals surface area (Å²) in [6.07, 6.45) is 1.88. The van der Waals surface area contributed by atoms with Gasteiger partial charge in [0.05, 0.1) is 5.25 Å². The number of hydrogen-bond acceptors (Lipinski definition) is 3. The van der Waals surface area contributed by atoms with Crippen molar-refractivity contribution in [3.8, 4) is 0 Å². The second-order valence-electron chi connectivity index (χ2n) is 2.27. The molecule has 0 unspecified atom stereocenters. The third-order valence-electron chi connectivity index (χ3n) is 1.33. The Labute approximate surface area is 48.8 Å². The zero-order valence-corrected chi connectivity index (χ0v) is 5.48. The molecule has 48 valence electrons. The van der Waals surface area contributed by atoms with Crippen LogP contribution in [0.5, 0.6) is 0 Å². The molecule has 8 heavy (non-hydrogen) atoms. The Bertz CT molecular complexity index is 184. The van der Waals surface area contributed by atoms with E-state index in [2.05, 4.69) is 0 Å². The molecule has 0 bridgehead atoms. The van der Waals surface area contributed by atoms with Crippen LogP contribution in [0, 0.1) is 0 Å². The largest absolute Gasteiger partial charge is 0.326 e. The zero-order valence-electron chi connectivity index (χ0n) is 4.66. The summed E-state index contributed by atoms with van der Waals surface area (Å²) in [7, 11) is -2.80. The molecule has 2 N–H and O–H groups in total. The Morgan fingerprint density at radius 2 is 2.00 bits per heavy atom. The summed E-state index contributed by atoms with van der Waals surface area (Å²) in [6.45, 7) is 0. The summed E-state index contributed by atoms with van der Waals surface area (Å²) in [4.78, 5) is 0. The van der Waals surface area contributed by atoms with Gasteiger partial charge in [0.15, 0.2) is 9.84 Å². The lowest BCUT2D eigenvalue weighted by atomic mass is 10.8. The van der Waals surface area contributed by atoms with E-state index in [1.807, 2.05) is 0 Å². The minimum atomic E-state index is -2.80. The van der Waals surface area contributed by atoms with Crippen LogP contribution in [-0.4, -0.2) is 26.0 Å². The van der Waals surface area contributed by atoms with Crippen LogP contribution in [0.15, 0.2) is 0 Å². The maximum atomic E-state index is 10.5. The first-order chi connectivity index (χ1) is 3.52. The standard InChI is InChI=1S/C4H9NO2S/c1-8(6,7)4-2-3(4)5/h3-4H,2,5H2,1H3/t3-,4-/m1/s1. The van der Waals surface area contributed by atoms with Gasteiger partial charge in [-0.05, 0) is 6.42 Å². The third-order valence-corrected chi connectivity index (χ3v) is 2.97. The molecule has 0 spiro atoms. The molecule has 0 aromatic carbocycles. The maximum absolute atomic E-state index is 10.5. The van der Waals surface area contributed by atoms with Crippen molar-refractivity contribution in [3.05, 3.63) is 0 Å². The van der Waals surface area contributed by atoms with E-state index in [-0.39, 0.29) is 11.3 Å². The molecule has 2 atom stereocenters. The predicted octanol–water partition coefficient (Wildman–Crippen LogP) is -0.869. The SMILES string of the molecule is CS(=O)(=O)[C@@H]1C[C@H]1N. The van der Waals surface area contributed by atoms with Crippen LogP contribution in [0.1, 0.15) is 6.42 Å². The van der Waals surface area contributed by atoms with E-state index in [9.17, 15) is 8.42 Å². The monoisotopic (exact) mass is 135 g/mol. The summed E-state index contributed by atoms with van der Waals surface area (Å²) in [5.41, 5.74) is 5.27. The lowest BCUT2D eigenvalue weighted by Gasteiger charge is -1.87. The molecule has 1 fully saturated rings. The van der Waals surface area contributed by atoms with Crippen molar-refractivity contribution in [2.24, 2.45) is 5.73 Å². The van der Waals surface area contributed by atoms with Gasteiger partial charge >= 0.3 is 0 Å². The average Bonchev–Trinajstić information content (AvgIpc) is 2.13. The van der Waals surface area contributed by atoms with Crippen LogP contribution in [0.3, 0.4) is 0 Å². The van der Waals surface area contributed by atoms with Gasteiger partial charge in [-0.1, -0.05) is 0 Å². The first-order valence-corrected chi connectivity index (χ1v) is 4.42. The molecule has 0 heterocycles. The van der Waals surface area contributed by atoms with Gasteiger partial charge in [-0.15, -0.1) is 0 Å². The molecule has 0 saturated heterocycles. The highest BCUT2D eigenvalue weighted by Gasteiger charge is 2.41. The minimum Gasteiger partial charge on any atom is -0.326 e. The number of hydrogen-bond donors (Lipinski definition) is 1. The van der Waals surface area contributed by atoms with Crippen LogP contribution in [0.4, 0.5) is 0 Å². The van der Waals surface area contributed by atoms with Gasteiger partial charge in [0.2, 0.25) is 0 Å². The Balaban J connectivity index is 2.66. The molecule has 0 aromatic heterocycles. The van der Waals surface area contributed by atoms with Gasteiger partial charge in [0.25, 0.3) is 0 Å². The molecule has 1 aliphatic carbocycles. The highest BCUT2D eigenvalue weighted by Crippen LogP contribution is 2.25. The first-order valence-electron chi connectivity index (χ1n) is 2.46. The van der Waals surface area contributed by atoms with Gasteiger partial charge in [0.1, 0.15) is 0 Å². The molecule has 3 nitrogen and oxygen atoms in total. The molecule has 1 aliphatic rings. The van der Waals surface area contributed by atoms with Crippen molar-refractivity contribution >= 4 is 9.84 Å². The van der Waals surface area contributed by atoms with Crippen LogP contribution >= 0.6 is 0 Å². The van der Waals surface area contributed by atoms with Crippen LogP contribution in [0.25, 0.3) is 0 Å². The summed E-state index contributed by atoms with van der Waals surface area (Å²) in [5, 5.41) is -0.234. The predicted molar refractivity (Wildman–Crippen MR) is 31.2 cm³/mol. The fraction of sp³-hybridized carbons (Fsp3) is 1.00. The van der Waals surface area contributed by atoms with E-state index >= 15 is 0 Å². The van der Waals surface area contributed by atoms with Gasteiger partial charge in [-0.2, -0.15) is 0 Å². The smallest absolute Gasteiger partial charge is 0.151 e. The topological polar surface area (TPSA) is 60.2 Å². The van der Waals surface area contributed by atoms with E-state index in [1.165, 1.54) is 6.26 Å². The normalized spacial score (nSPS) is 37.2. The maximum Gasteiger partial charge on any atom is 0.151 e. The van der Waals surface area contributed by atoms with Gasteiger partial charge in [0, 0.05) is 12.3 Å². The van der Waals surface area contributed by atoms with Crippen LogP contribution in [-0.2, 0) is 9.84 Å². The number of rotatable bonds is 1. The van der Waals surface area contributed by atoms with Crippen molar-refractivity contribution in [1.82, 2.24) is 0 Å². The van der Waals surface area contributed by atoms with E-state index in [0.29, 0.717) is 6.42 Å². The third kappa shape index (κ3) is 1.00. The second-order valence-corrected chi connectivity index (χ2v) is 4.53.